The second-order valence-electron chi connectivity index (χ2n) is 11.6. The van der Waals surface area contributed by atoms with Gasteiger partial charge in [0.05, 0.1) is 20.8 Å². The number of benzene rings is 4. The SMILES string of the molecule is CCCCCCC.COc1ccc(C(NC2=N[C@@](c3cc(Br)ccc3F)(C(F)F)CCO2)(c2ccccc2)c2ccc(OC)cc2)cc1. The van der Waals surface area contributed by atoms with Gasteiger partial charge in [0, 0.05) is 16.5 Å². The number of methoxy groups -OCH3 is 2. The Hall–Kier alpha value is -3.98. The molecule has 0 bridgehead atoms. The molecule has 4 aromatic rings. The van der Waals surface area contributed by atoms with Crippen molar-refractivity contribution >= 4 is 22.0 Å². The molecule has 48 heavy (non-hydrogen) atoms. The molecular weight excluding hydrogens is 681 g/mol. The first-order chi connectivity index (χ1) is 23.2. The van der Waals surface area contributed by atoms with Gasteiger partial charge in [0.1, 0.15) is 22.9 Å². The van der Waals surface area contributed by atoms with Gasteiger partial charge >= 0.3 is 0 Å². The van der Waals surface area contributed by atoms with Gasteiger partial charge in [0.15, 0.2) is 5.54 Å². The second kappa shape index (κ2) is 17.4. The largest absolute Gasteiger partial charge is 0.497 e. The zero-order chi connectivity index (χ0) is 34.6. The summed E-state index contributed by atoms with van der Waals surface area (Å²) in [5, 5.41) is 3.39. The van der Waals surface area contributed by atoms with Gasteiger partial charge in [-0.15, -0.1) is 0 Å². The van der Waals surface area contributed by atoms with Crippen LogP contribution in [0.15, 0.2) is 107 Å². The van der Waals surface area contributed by atoms with Crippen LogP contribution in [0.1, 0.15) is 74.6 Å². The Balaban J connectivity index is 0.000000671. The summed E-state index contributed by atoms with van der Waals surface area (Å²) in [7, 11) is 3.16. The van der Waals surface area contributed by atoms with Gasteiger partial charge < -0.3 is 19.5 Å². The van der Waals surface area contributed by atoms with E-state index in [-0.39, 0.29) is 24.6 Å². The Kier molecular flexibility index (Phi) is 13.4. The Morgan fingerprint density at radius 1 is 0.812 bits per heavy atom. The van der Waals surface area contributed by atoms with Crippen LogP contribution in [0.25, 0.3) is 0 Å². The van der Waals surface area contributed by atoms with Crippen LogP contribution < -0.4 is 14.8 Å². The molecule has 0 saturated carbocycles. The van der Waals surface area contributed by atoms with Crippen LogP contribution in [0.3, 0.4) is 0 Å². The number of ether oxygens (including phenoxy) is 3. The van der Waals surface area contributed by atoms with E-state index in [1.807, 2.05) is 78.9 Å². The second-order valence-corrected chi connectivity index (χ2v) is 12.5. The van der Waals surface area contributed by atoms with Crippen molar-refractivity contribution in [3.8, 4) is 11.5 Å². The first-order valence-electron chi connectivity index (χ1n) is 16.3. The normalized spacial score (nSPS) is 15.9. The van der Waals surface area contributed by atoms with E-state index < -0.39 is 23.3 Å². The monoisotopic (exact) mass is 724 g/mol. The van der Waals surface area contributed by atoms with Gasteiger partial charge in [0.2, 0.25) is 0 Å². The summed E-state index contributed by atoms with van der Waals surface area (Å²) in [6.07, 6.45) is 3.81. The summed E-state index contributed by atoms with van der Waals surface area (Å²) in [6.45, 7) is 4.39. The molecular formula is C39H44BrF3N2O3. The van der Waals surface area contributed by atoms with Crippen LogP contribution in [-0.2, 0) is 15.8 Å². The Labute approximate surface area is 290 Å². The summed E-state index contributed by atoms with van der Waals surface area (Å²) in [5.74, 6) is 0.537. The molecule has 0 amide bonds. The Morgan fingerprint density at radius 2 is 1.35 bits per heavy atom. The summed E-state index contributed by atoms with van der Waals surface area (Å²) in [6, 6.07) is 28.2. The minimum Gasteiger partial charge on any atom is -0.497 e. The number of hydrogen-bond donors (Lipinski definition) is 1. The number of halogens is 4. The van der Waals surface area contributed by atoms with Gasteiger partial charge in [-0.05, 0) is 59.2 Å². The molecule has 1 heterocycles. The number of alkyl halides is 2. The zero-order valence-corrected chi connectivity index (χ0v) is 29.5. The molecule has 1 N–H and O–H groups in total. The van der Waals surface area contributed by atoms with Gasteiger partial charge in [-0.1, -0.05) is 116 Å². The highest BCUT2D eigenvalue weighted by Crippen LogP contribution is 2.43. The summed E-state index contributed by atoms with van der Waals surface area (Å²) < 4.78 is 62.0. The van der Waals surface area contributed by atoms with Crippen molar-refractivity contribution in [1.82, 2.24) is 5.32 Å². The standard InChI is InChI=1S/C32H28BrF3N2O3.C7H16/c1-39-25-13-8-22(9-14-25)32(21-6-4-3-5-7-21,23-10-15-26(40-2)16-11-23)38-30-37-31(29(35)36,18-19-41-30)27-20-24(33)12-17-28(27)34;1-3-5-7-6-4-2/h3-17,20,29H,18-19H2,1-2H3,(H,37,38);3-7H2,1-2H3/t31-;/m0./s1. The van der Waals surface area contributed by atoms with Gasteiger partial charge in [0.25, 0.3) is 12.4 Å². The molecule has 0 spiro atoms. The van der Waals surface area contributed by atoms with Crippen molar-refractivity contribution in [3.05, 3.63) is 130 Å². The summed E-state index contributed by atoms with van der Waals surface area (Å²) >= 11 is 3.29. The third-order valence-corrected chi connectivity index (χ3v) is 9.03. The van der Waals surface area contributed by atoms with Gasteiger partial charge in [-0.2, -0.15) is 0 Å². The molecule has 0 fully saturated rings. The minimum absolute atomic E-state index is 0.0990. The number of unbranched alkanes of at least 4 members (excludes halogenated alkanes) is 4. The van der Waals surface area contributed by atoms with Crippen molar-refractivity contribution in [3.63, 3.8) is 0 Å². The maximum atomic E-state index is 15.1. The molecule has 0 saturated heterocycles. The predicted octanol–water partition coefficient (Wildman–Crippen LogP) is 10.4. The van der Waals surface area contributed by atoms with E-state index in [9.17, 15) is 8.78 Å². The van der Waals surface area contributed by atoms with Crippen LogP contribution in [0.5, 0.6) is 11.5 Å². The average Bonchev–Trinajstić information content (AvgIpc) is 3.12. The highest BCUT2D eigenvalue weighted by atomic mass is 79.9. The van der Waals surface area contributed by atoms with Crippen molar-refractivity contribution in [2.75, 3.05) is 20.8 Å². The number of nitrogens with one attached hydrogen (secondary N) is 1. The van der Waals surface area contributed by atoms with Gasteiger partial charge in [-0.25, -0.2) is 18.2 Å². The zero-order valence-electron chi connectivity index (χ0n) is 27.9. The van der Waals surface area contributed by atoms with Gasteiger partial charge in [-0.3, -0.25) is 0 Å². The molecule has 4 aromatic carbocycles. The van der Waals surface area contributed by atoms with Crippen LogP contribution >= 0.6 is 15.9 Å². The molecule has 0 aromatic heterocycles. The smallest absolute Gasteiger partial charge is 0.286 e. The van der Waals surface area contributed by atoms with E-state index in [1.54, 1.807) is 14.2 Å². The summed E-state index contributed by atoms with van der Waals surface area (Å²) in [4.78, 5) is 4.44. The fourth-order valence-electron chi connectivity index (χ4n) is 5.86. The average molecular weight is 726 g/mol. The number of aliphatic imine (C=N–C) groups is 1. The number of hydrogen-bond acceptors (Lipinski definition) is 5. The van der Waals surface area contributed by atoms with Crippen LogP contribution in [0.4, 0.5) is 13.2 Å². The van der Waals surface area contributed by atoms with Crippen molar-refractivity contribution in [1.29, 1.82) is 0 Å². The minimum atomic E-state index is -3.00. The molecule has 9 heteroatoms. The summed E-state index contributed by atoms with van der Waals surface area (Å²) in [5.41, 5.74) is -1.19. The van der Waals surface area contributed by atoms with Crippen LogP contribution in [-0.4, -0.2) is 33.3 Å². The molecule has 1 aliphatic heterocycles. The van der Waals surface area contributed by atoms with Crippen LogP contribution in [0.2, 0.25) is 0 Å². The number of nitrogens with zero attached hydrogens (tertiary/aromatic N) is 1. The molecule has 5 rings (SSSR count). The molecule has 0 aliphatic carbocycles. The third kappa shape index (κ3) is 8.35. The fraction of sp³-hybridized carbons (Fsp3) is 0.359. The Morgan fingerprint density at radius 3 is 1.85 bits per heavy atom. The molecule has 5 nitrogen and oxygen atoms in total. The maximum Gasteiger partial charge on any atom is 0.286 e. The third-order valence-electron chi connectivity index (χ3n) is 8.53. The lowest BCUT2D eigenvalue weighted by molar-refractivity contribution is 0.0230. The van der Waals surface area contributed by atoms with E-state index in [0.29, 0.717) is 16.0 Å². The topological polar surface area (TPSA) is 52.1 Å². The first-order valence-corrected chi connectivity index (χ1v) is 17.1. The lowest BCUT2D eigenvalue weighted by atomic mass is 9.77. The molecule has 1 atom stereocenters. The van der Waals surface area contributed by atoms with E-state index in [2.05, 4.69) is 40.1 Å². The van der Waals surface area contributed by atoms with Crippen molar-refractivity contribution in [2.24, 2.45) is 4.99 Å². The fourth-order valence-corrected chi connectivity index (χ4v) is 6.22. The van der Waals surface area contributed by atoms with Crippen molar-refractivity contribution in [2.45, 2.75) is 69.9 Å². The quantitative estimate of drug-likeness (QED) is 0.117. The highest BCUT2D eigenvalue weighted by Gasteiger charge is 2.48. The van der Waals surface area contributed by atoms with E-state index in [0.717, 1.165) is 22.8 Å². The van der Waals surface area contributed by atoms with Crippen LogP contribution in [0, 0.1) is 5.82 Å². The lowest BCUT2D eigenvalue weighted by Crippen LogP contribution is -2.52. The Bertz CT molecular complexity index is 1550. The first kappa shape index (κ1) is 36.8. The molecule has 0 unspecified atom stereocenters. The highest BCUT2D eigenvalue weighted by molar-refractivity contribution is 9.10. The molecule has 256 valence electrons. The lowest BCUT2D eigenvalue weighted by Gasteiger charge is -2.40. The van der Waals surface area contributed by atoms with Crippen molar-refractivity contribution < 1.29 is 27.4 Å². The molecule has 1 aliphatic rings. The van der Waals surface area contributed by atoms with E-state index in [1.165, 1.54) is 44.2 Å². The number of amidine groups is 1. The predicted molar refractivity (Wildman–Crippen MR) is 190 cm³/mol. The van der Waals surface area contributed by atoms with E-state index in [4.69, 9.17) is 14.2 Å². The van der Waals surface area contributed by atoms with E-state index >= 15 is 4.39 Å². The maximum absolute atomic E-state index is 15.1. The molecule has 0 radical (unpaired) electrons. The number of rotatable bonds is 12.